The lowest BCUT2D eigenvalue weighted by molar-refractivity contribution is 0.282. The van der Waals surface area contributed by atoms with Crippen molar-refractivity contribution in [3.8, 4) is 0 Å². The van der Waals surface area contributed by atoms with Crippen molar-refractivity contribution in [2.24, 2.45) is 5.92 Å². The highest BCUT2D eigenvalue weighted by molar-refractivity contribution is 8.56. The molecule has 0 N–H and O–H groups in total. The van der Waals surface area contributed by atoms with Crippen LogP contribution in [0.2, 0.25) is 0 Å². The van der Waals surface area contributed by atoms with Gasteiger partial charge in [0, 0.05) is 30.5 Å². The summed E-state index contributed by atoms with van der Waals surface area (Å²) in [6, 6.07) is 0. The predicted octanol–water partition coefficient (Wildman–Crippen LogP) is 4.29. The summed E-state index contributed by atoms with van der Waals surface area (Å²) in [5.41, 5.74) is 0. The predicted molar refractivity (Wildman–Crippen MR) is 91.9 cm³/mol. The second kappa shape index (κ2) is 11.5. The minimum Gasteiger partial charge on any atom is -0.321 e. The molecule has 0 aromatic carbocycles. The molecular weight excluding hydrogens is 297 g/mol. The van der Waals surface area contributed by atoms with Gasteiger partial charge in [-0.15, -0.1) is 0 Å². The van der Waals surface area contributed by atoms with Crippen molar-refractivity contribution in [1.29, 1.82) is 0 Å². The number of nitrogens with zero attached hydrogens (tertiary/aromatic N) is 1. The van der Waals surface area contributed by atoms with E-state index in [1.807, 2.05) is 11.8 Å². The smallest absolute Gasteiger partial charge is 0.254 e. The number of thioether (sulfide) groups is 1. The van der Waals surface area contributed by atoms with E-state index in [0.717, 1.165) is 36.9 Å². The molecule has 3 nitrogen and oxygen atoms in total. The lowest BCUT2D eigenvalue weighted by Crippen LogP contribution is -2.25. The third kappa shape index (κ3) is 12.3. The van der Waals surface area contributed by atoms with Crippen LogP contribution in [0.5, 0.6) is 0 Å². The topological polar surface area (TPSA) is 29.5 Å². The van der Waals surface area contributed by atoms with Crippen LogP contribution in [0.1, 0.15) is 27.7 Å². The maximum atomic E-state index is 12.1. The zero-order valence-corrected chi connectivity index (χ0v) is 15.6. The van der Waals surface area contributed by atoms with Crippen LogP contribution in [0.15, 0.2) is 0 Å². The van der Waals surface area contributed by atoms with Gasteiger partial charge in [-0.2, -0.15) is 11.8 Å². The van der Waals surface area contributed by atoms with E-state index in [4.69, 9.17) is 4.52 Å². The summed E-state index contributed by atoms with van der Waals surface area (Å²) in [6.07, 6.45) is 0. The molecule has 19 heavy (non-hydrogen) atoms. The van der Waals surface area contributed by atoms with E-state index in [-0.39, 0.29) is 0 Å². The van der Waals surface area contributed by atoms with E-state index in [1.54, 1.807) is 6.66 Å². The monoisotopic (exact) mass is 327 g/mol. The van der Waals surface area contributed by atoms with Crippen molar-refractivity contribution < 1.29 is 9.09 Å². The standard InChI is InChI=1S/C13H30NO2PS2/c1-6-14(7-2)8-9-18-10-11-19-17(5,15)16-12-13(3)4/h13H,6-12H2,1-5H3. The maximum absolute atomic E-state index is 12.1. The Hall–Kier alpha value is 0.850. The van der Waals surface area contributed by atoms with Crippen LogP contribution in [0, 0.1) is 5.92 Å². The molecule has 0 radical (unpaired) electrons. The quantitative estimate of drug-likeness (QED) is 0.394. The third-order valence-electron chi connectivity index (χ3n) is 2.64. The molecule has 0 spiro atoms. The Morgan fingerprint density at radius 2 is 1.79 bits per heavy atom. The summed E-state index contributed by atoms with van der Waals surface area (Å²) in [7, 11) is 0. The van der Waals surface area contributed by atoms with Crippen molar-refractivity contribution in [2.45, 2.75) is 27.7 Å². The van der Waals surface area contributed by atoms with Crippen molar-refractivity contribution >= 4 is 29.7 Å². The summed E-state index contributed by atoms with van der Waals surface area (Å²) in [6.45, 7) is 11.8. The van der Waals surface area contributed by atoms with Crippen molar-refractivity contribution in [3.05, 3.63) is 0 Å². The van der Waals surface area contributed by atoms with Crippen molar-refractivity contribution in [2.75, 3.05) is 50.2 Å². The Bertz CT molecular complexity index is 261. The molecule has 0 aliphatic heterocycles. The highest BCUT2D eigenvalue weighted by atomic mass is 32.7. The van der Waals surface area contributed by atoms with Crippen molar-refractivity contribution in [1.82, 2.24) is 4.90 Å². The van der Waals surface area contributed by atoms with Gasteiger partial charge >= 0.3 is 0 Å². The van der Waals surface area contributed by atoms with Crippen LogP contribution in [-0.4, -0.2) is 55.1 Å². The van der Waals surface area contributed by atoms with Gasteiger partial charge in [0.05, 0.1) is 6.61 Å². The van der Waals surface area contributed by atoms with E-state index < -0.39 is 6.57 Å². The second-order valence-corrected chi connectivity index (χ2v) is 11.4. The zero-order valence-electron chi connectivity index (χ0n) is 13.1. The zero-order chi connectivity index (χ0) is 14.7. The van der Waals surface area contributed by atoms with E-state index in [2.05, 4.69) is 32.6 Å². The highest BCUT2D eigenvalue weighted by Gasteiger charge is 2.16. The van der Waals surface area contributed by atoms with Gasteiger partial charge in [0.2, 0.25) is 0 Å². The number of rotatable bonds is 12. The van der Waals surface area contributed by atoms with E-state index >= 15 is 0 Å². The molecule has 0 fully saturated rings. The summed E-state index contributed by atoms with van der Waals surface area (Å²) >= 11 is 3.43. The molecule has 0 aliphatic rings. The minimum atomic E-state index is -2.43. The fourth-order valence-corrected chi connectivity index (χ4v) is 5.83. The van der Waals surface area contributed by atoms with Gasteiger partial charge in [-0.3, -0.25) is 4.57 Å². The van der Waals surface area contributed by atoms with Crippen molar-refractivity contribution in [3.63, 3.8) is 0 Å². The fourth-order valence-electron chi connectivity index (χ4n) is 1.42. The molecule has 116 valence electrons. The maximum Gasteiger partial charge on any atom is 0.254 e. The lowest BCUT2D eigenvalue weighted by atomic mass is 10.2. The van der Waals surface area contributed by atoms with Gasteiger partial charge in [0.25, 0.3) is 6.57 Å². The first-order chi connectivity index (χ1) is 8.91. The number of hydrogen-bond donors (Lipinski definition) is 0. The summed E-state index contributed by atoms with van der Waals surface area (Å²) in [5.74, 6) is 3.56. The molecule has 0 rings (SSSR count). The Morgan fingerprint density at radius 1 is 1.16 bits per heavy atom. The largest absolute Gasteiger partial charge is 0.321 e. The molecule has 0 heterocycles. The Labute approximate surface area is 127 Å². The molecule has 1 atom stereocenters. The molecular formula is C13H30NO2PS2. The van der Waals surface area contributed by atoms with E-state index in [9.17, 15) is 4.57 Å². The molecule has 0 saturated heterocycles. The Balaban J connectivity index is 3.55. The SMILES string of the molecule is CCN(CC)CCSCCSP(C)(=O)OCC(C)C. The first-order valence-electron chi connectivity index (χ1n) is 7.08. The fraction of sp³-hybridized carbons (Fsp3) is 1.00. The first kappa shape index (κ1) is 19.9. The van der Waals surface area contributed by atoms with Gasteiger partial charge in [-0.05, 0) is 19.0 Å². The average Bonchev–Trinajstić information content (AvgIpc) is 2.36. The van der Waals surface area contributed by atoms with Crippen LogP contribution >= 0.6 is 29.7 Å². The third-order valence-corrected chi connectivity index (χ3v) is 7.61. The average molecular weight is 327 g/mol. The van der Waals surface area contributed by atoms with Gasteiger partial charge in [0.1, 0.15) is 0 Å². The molecule has 6 heteroatoms. The first-order valence-corrected chi connectivity index (χ1v) is 11.9. The number of hydrogen-bond acceptors (Lipinski definition) is 5. The second-order valence-electron chi connectivity index (χ2n) is 4.93. The summed E-state index contributed by atoms with van der Waals surface area (Å²) in [5, 5.41) is 0. The van der Waals surface area contributed by atoms with Gasteiger partial charge in [-0.1, -0.05) is 39.1 Å². The minimum absolute atomic E-state index is 0.442. The van der Waals surface area contributed by atoms with Crippen LogP contribution in [0.4, 0.5) is 0 Å². The summed E-state index contributed by atoms with van der Waals surface area (Å²) in [4.78, 5) is 2.43. The summed E-state index contributed by atoms with van der Waals surface area (Å²) < 4.78 is 17.5. The van der Waals surface area contributed by atoms with E-state index in [0.29, 0.717) is 12.5 Å². The van der Waals surface area contributed by atoms with Crippen LogP contribution < -0.4 is 0 Å². The van der Waals surface area contributed by atoms with Gasteiger partial charge < -0.3 is 9.42 Å². The van der Waals surface area contributed by atoms with E-state index in [1.165, 1.54) is 11.4 Å². The normalized spacial score (nSPS) is 15.1. The molecule has 0 saturated carbocycles. The molecule has 1 unspecified atom stereocenters. The van der Waals surface area contributed by atoms with Gasteiger partial charge in [-0.25, -0.2) is 0 Å². The highest BCUT2D eigenvalue weighted by Crippen LogP contribution is 2.56. The Kier molecular flexibility index (Phi) is 12.0. The Morgan fingerprint density at radius 3 is 2.32 bits per heavy atom. The van der Waals surface area contributed by atoms with Gasteiger partial charge in [0.15, 0.2) is 0 Å². The van der Waals surface area contributed by atoms with Crippen LogP contribution in [0.3, 0.4) is 0 Å². The molecule has 0 aromatic rings. The van der Waals surface area contributed by atoms with Crippen LogP contribution in [-0.2, 0) is 9.09 Å². The molecule has 0 amide bonds. The molecule has 0 aromatic heterocycles. The molecule has 0 aliphatic carbocycles. The lowest BCUT2D eigenvalue weighted by Gasteiger charge is -2.17. The molecule has 0 bridgehead atoms. The van der Waals surface area contributed by atoms with Crippen LogP contribution in [0.25, 0.3) is 0 Å².